The van der Waals surface area contributed by atoms with Gasteiger partial charge < -0.3 is 0 Å². The van der Waals surface area contributed by atoms with Gasteiger partial charge in [-0.25, -0.2) is 0 Å². The summed E-state index contributed by atoms with van der Waals surface area (Å²) in [4.78, 5) is 29.3. The summed E-state index contributed by atoms with van der Waals surface area (Å²) in [6.45, 7) is 21.1. The molecule has 0 aliphatic rings. The average molecular weight is 1430 g/mol. The van der Waals surface area contributed by atoms with E-state index in [4.69, 9.17) is 0 Å². The molecule has 0 radical (unpaired) electrons. The Morgan fingerprint density at radius 2 is 0.455 bits per heavy atom. The number of hydrogen-bond acceptors (Lipinski definition) is 7. The molecule has 7 nitrogen and oxygen atoms in total. The molecule has 13 aromatic carbocycles. The van der Waals surface area contributed by atoms with Crippen LogP contribution >= 0.6 is 0 Å². The number of fused-ring (bicyclic) bond motifs is 10. The van der Waals surface area contributed by atoms with Crippen molar-refractivity contribution < 1.29 is 0 Å². The maximum atomic E-state index is 4.24. The van der Waals surface area contributed by atoms with E-state index in [0.29, 0.717) is 0 Å². The fourth-order valence-electron chi connectivity index (χ4n) is 12.7. The fraction of sp³-hybridized carbons (Fsp3) is 0.0971. The molecule has 540 valence electrons. The lowest BCUT2D eigenvalue weighted by Crippen LogP contribution is -1.79. The first-order chi connectivity index (χ1) is 53.7. The van der Waals surface area contributed by atoms with Crippen LogP contribution in [0.2, 0.25) is 0 Å². The van der Waals surface area contributed by atoms with E-state index in [1.165, 1.54) is 136 Å². The Morgan fingerprint density at radius 1 is 0.155 bits per heavy atom. The van der Waals surface area contributed by atoms with Gasteiger partial charge in [-0.15, -0.1) is 0 Å². The highest BCUT2D eigenvalue weighted by Crippen LogP contribution is 2.23. The van der Waals surface area contributed by atoms with Crippen LogP contribution in [-0.4, -0.2) is 34.9 Å². The Balaban J connectivity index is 0.000000121. The number of para-hydroxylation sites is 2. The van der Waals surface area contributed by atoms with Crippen LogP contribution in [0.3, 0.4) is 0 Å². The largest absolute Gasteiger partial charge is 0.264 e. The first-order valence-electron chi connectivity index (χ1n) is 37.2. The van der Waals surface area contributed by atoms with Crippen LogP contribution in [-0.2, 0) is 0 Å². The zero-order valence-electron chi connectivity index (χ0n) is 64.5. The molecule has 7 heteroatoms. The summed E-state index contributed by atoms with van der Waals surface area (Å²) in [7, 11) is 0. The zero-order valence-corrected chi connectivity index (χ0v) is 64.5. The fourth-order valence-corrected chi connectivity index (χ4v) is 12.7. The smallest absolute Gasteiger partial charge is 0.0704 e. The first kappa shape index (κ1) is 77.6. The molecule has 0 aliphatic heterocycles. The minimum absolute atomic E-state index is 1.07. The summed E-state index contributed by atoms with van der Waals surface area (Å²) in [6, 6.07) is 112. The molecule has 7 heterocycles. The Labute approximate surface area is 647 Å². The number of aromatic nitrogens is 7. The van der Waals surface area contributed by atoms with Gasteiger partial charge in [0.2, 0.25) is 0 Å². The van der Waals surface area contributed by atoms with Gasteiger partial charge in [0.15, 0.2) is 0 Å². The normalized spacial score (nSPS) is 10.3. The minimum Gasteiger partial charge on any atom is -0.264 e. The molecule has 0 unspecified atom stereocenters. The van der Waals surface area contributed by atoms with Crippen molar-refractivity contribution in [2.75, 3.05) is 0 Å². The number of pyridine rings is 7. The highest BCUT2D eigenvalue weighted by atomic mass is 14.7. The molecule has 110 heavy (non-hydrogen) atoms. The second kappa shape index (κ2) is 39.7. The Kier molecular flexibility index (Phi) is 28.0. The number of benzene rings is 13. The summed E-state index contributed by atoms with van der Waals surface area (Å²) in [6.07, 6.45) is 16.6. The van der Waals surface area contributed by atoms with Gasteiger partial charge in [-0.05, 0) is 225 Å². The van der Waals surface area contributed by atoms with Crippen molar-refractivity contribution in [3.8, 4) is 0 Å². The van der Waals surface area contributed by atoms with Gasteiger partial charge in [0, 0.05) is 93.5 Å². The summed E-state index contributed by atoms with van der Waals surface area (Å²) < 4.78 is 0. The van der Waals surface area contributed by atoms with Crippen LogP contribution in [0, 0.1) is 69.2 Å². The minimum atomic E-state index is 1.07. The van der Waals surface area contributed by atoms with Crippen LogP contribution in [0.25, 0.3) is 108 Å². The van der Waals surface area contributed by atoms with Crippen molar-refractivity contribution in [1.29, 1.82) is 0 Å². The van der Waals surface area contributed by atoms with Crippen molar-refractivity contribution in [2.45, 2.75) is 69.2 Å². The third kappa shape index (κ3) is 22.3. The lowest BCUT2D eigenvalue weighted by Gasteiger charge is -1.98. The lowest BCUT2D eigenvalue weighted by atomic mass is 10.1. The van der Waals surface area contributed by atoms with Crippen molar-refractivity contribution in [2.24, 2.45) is 0 Å². The van der Waals surface area contributed by atoms with Crippen LogP contribution in [0.4, 0.5) is 0 Å². The molecule has 0 aliphatic carbocycles. The van der Waals surface area contributed by atoms with Crippen molar-refractivity contribution >= 4 is 108 Å². The predicted molar refractivity (Wildman–Crippen MR) is 471 cm³/mol. The molecule has 20 aromatic rings. The van der Waals surface area contributed by atoms with E-state index in [1.807, 2.05) is 159 Å². The van der Waals surface area contributed by atoms with Crippen molar-refractivity contribution in [3.63, 3.8) is 0 Å². The molecule has 0 spiro atoms. The standard InChI is InChI=1S/3C11H10.7C10H9N/c1-9-5-4-7-10-6-2-3-8-11(9)10;2*1-9-6-7-10-4-2-3-5-11(10)8-9;1-8-4-2-6-10-9(8)5-3-7-11-10;2*1-8-4-5-10-9(7-8)3-2-6-11-10;1-8-3-2-4-9-7-11-6-5-10(8)9;1-8-6-11-7-9-4-2-3-5-10(8)9;2*1-8-6-7-11-10-5-3-2-4-9(8)10/h3*2-8H,1H3;7*2-7H,1H3. The van der Waals surface area contributed by atoms with Gasteiger partial charge in [-0.3, -0.25) is 34.9 Å². The van der Waals surface area contributed by atoms with Gasteiger partial charge in [-0.1, -0.05) is 271 Å². The second-order valence-electron chi connectivity index (χ2n) is 27.2. The maximum Gasteiger partial charge on any atom is 0.0704 e. The van der Waals surface area contributed by atoms with E-state index >= 15 is 0 Å². The van der Waals surface area contributed by atoms with E-state index in [1.54, 1.807) is 0 Å². The third-order valence-electron chi connectivity index (χ3n) is 18.7. The summed E-state index contributed by atoms with van der Waals surface area (Å²) >= 11 is 0. The third-order valence-corrected chi connectivity index (χ3v) is 18.7. The molecule has 0 saturated carbocycles. The highest BCUT2D eigenvalue weighted by Gasteiger charge is 2.01. The molecular formula is C103H93N7. The number of hydrogen-bond donors (Lipinski definition) is 0. The van der Waals surface area contributed by atoms with Gasteiger partial charge in [0.05, 0.1) is 27.6 Å². The van der Waals surface area contributed by atoms with Crippen LogP contribution in [0.1, 0.15) is 55.6 Å². The van der Waals surface area contributed by atoms with E-state index in [0.717, 1.165) is 27.6 Å². The van der Waals surface area contributed by atoms with Crippen LogP contribution < -0.4 is 0 Å². The quantitative estimate of drug-likeness (QED) is 0.149. The Morgan fingerprint density at radius 3 is 0.927 bits per heavy atom. The van der Waals surface area contributed by atoms with Gasteiger partial charge in [-0.2, -0.15) is 0 Å². The Bertz CT molecular complexity index is 5380. The topological polar surface area (TPSA) is 90.2 Å². The lowest BCUT2D eigenvalue weighted by molar-refractivity contribution is 1.31. The zero-order chi connectivity index (χ0) is 76.8. The number of nitrogens with zero attached hydrogens (tertiary/aromatic N) is 7. The van der Waals surface area contributed by atoms with E-state index in [9.17, 15) is 0 Å². The summed E-state index contributed by atoms with van der Waals surface area (Å²) in [5.74, 6) is 0. The average Bonchev–Trinajstić information content (AvgIpc) is 0.852. The Hall–Kier alpha value is -13.5. The summed E-state index contributed by atoms with van der Waals surface area (Å²) in [5.41, 5.74) is 18.3. The molecule has 7 aromatic heterocycles. The number of aryl methyl sites for hydroxylation is 10. The molecule has 0 N–H and O–H groups in total. The monoisotopic (exact) mass is 1430 g/mol. The van der Waals surface area contributed by atoms with E-state index in [2.05, 4.69) is 329 Å². The second-order valence-corrected chi connectivity index (χ2v) is 27.2. The summed E-state index contributed by atoms with van der Waals surface area (Å²) in [5, 5.41) is 19.2. The SMILES string of the molecule is Cc1ccc2ccccc2c1.Cc1ccc2ccccc2c1.Cc1ccc2ncccc2c1.Cc1ccc2ncccc2c1.Cc1cccc2ccccc12.Cc1cccc2cnccc12.Cc1cccc2ncccc12.Cc1ccnc2ccccc12.Cc1ccnc2ccccc12.Cc1cncc2ccccc12. The maximum absolute atomic E-state index is 4.24. The van der Waals surface area contributed by atoms with Crippen molar-refractivity contribution in [1.82, 2.24) is 34.9 Å². The molecule has 0 bridgehead atoms. The van der Waals surface area contributed by atoms with Crippen LogP contribution in [0.15, 0.2) is 383 Å². The first-order valence-corrected chi connectivity index (χ1v) is 37.2. The molecule has 0 atom stereocenters. The van der Waals surface area contributed by atoms with Gasteiger partial charge >= 0.3 is 0 Å². The molecular weight excluding hydrogens is 1340 g/mol. The molecule has 0 fully saturated rings. The predicted octanol–water partition coefficient (Wildman–Crippen LogP) is 27.2. The number of rotatable bonds is 0. The highest BCUT2D eigenvalue weighted by molar-refractivity contribution is 5.89. The van der Waals surface area contributed by atoms with Crippen molar-refractivity contribution in [3.05, 3.63) is 439 Å². The molecule has 20 rings (SSSR count). The van der Waals surface area contributed by atoms with Crippen LogP contribution in [0.5, 0.6) is 0 Å². The van der Waals surface area contributed by atoms with Gasteiger partial charge in [0.1, 0.15) is 0 Å². The van der Waals surface area contributed by atoms with E-state index in [-0.39, 0.29) is 0 Å². The van der Waals surface area contributed by atoms with Gasteiger partial charge in [0.25, 0.3) is 0 Å². The van der Waals surface area contributed by atoms with E-state index < -0.39 is 0 Å². The molecule has 0 saturated heterocycles. The molecule has 0 amide bonds.